The van der Waals surface area contributed by atoms with E-state index < -0.39 is 0 Å². The molecule has 1 amide bonds. The number of aromatic nitrogens is 2. The van der Waals surface area contributed by atoms with E-state index in [9.17, 15) is 4.79 Å². The first kappa shape index (κ1) is 12.8. The summed E-state index contributed by atoms with van der Waals surface area (Å²) in [6.45, 7) is 5.76. The molecule has 0 aromatic carbocycles. The molecule has 4 nitrogen and oxygen atoms in total. The van der Waals surface area contributed by atoms with Crippen molar-refractivity contribution in [2.24, 2.45) is 5.41 Å². The van der Waals surface area contributed by atoms with Crippen molar-refractivity contribution < 1.29 is 4.79 Å². The van der Waals surface area contributed by atoms with Crippen LogP contribution >= 0.6 is 22.9 Å². The third-order valence-corrected chi connectivity index (χ3v) is 4.20. The van der Waals surface area contributed by atoms with Gasteiger partial charge in [-0.25, -0.2) is 0 Å². The molecular weight excluding hydrogens is 258 g/mol. The molecule has 0 radical (unpaired) electrons. The van der Waals surface area contributed by atoms with Crippen molar-refractivity contribution in [1.82, 2.24) is 15.1 Å². The lowest BCUT2D eigenvalue weighted by molar-refractivity contribution is -0.131. The van der Waals surface area contributed by atoms with Crippen LogP contribution in [0, 0.1) is 5.41 Å². The molecule has 1 aromatic heterocycles. The van der Waals surface area contributed by atoms with E-state index >= 15 is 0 Å². The van der Waals surface area contributed by atoms with Crippen molar-refractivity contribution in [2.75, 3.05) is 6.54 Å². The van der Waals surface area contributed by atoms with Crippen molar-refractivity contribution in [3.8, 4) is 0 Å². The van der Waals surface area contributed by atoms with Gasteiger partial charge >= 0.3 is 0 Å². The Labute approximate surface area is 110 Å². The van der Waals surface area contributed by atoms with Gasteiger partial charge in [-0.3, -0.25) is 4.79 Å². The third kappa shape index (κ3) is 3.39. The van der Waals surface area contributed by atoms with Gasteiger partial charge in [-0.2, -0.15) is 0 Å². The number of amides is 1. The first-order valence-electron chi connectivity index (χ1n) is 5.72. The van der Waals surface area contributed by atoms with Gasteiger partial charge < -0.3 is 4.90 Å². The summed E-state index contributed by atoms with van der Waals surface area (Å²) in [5.74, 6) is 0.210. The summed E-state index contributed by atoms with van der Waals surface area (Å²) in [4.78, 5) is 13.8. The second-order valence-electron chi connectivity index (χ2n) is 5.18. The van der Waals surface area contributed by atoms with E-state index in [1.54, 1.807) is 0 Å². The monoisotopic (exact) mass is 273 g/mol. The molecule has 0 saturated carbocycles. The van der Waals surface area contributed by atoms with Crippen LogP contribution in [0.5, 0.6) is 0 Å². The van der Waals surface area contributed by atoms with E-state index in [0.29, 0.717) is 17.4 Å². The zero-order valence-corrected chi connectivity index (χ0v) is 11.6. The maximum absolute atomic E-state index is 12.0. The van der Waals surface area contributed by atoms with Gasteiger partial charge in [0.15, 0.2) is 0 Å². The minimum atomic E-state index is 0.210. The Morgan fingerprint density at radius 3 is 2.82 bits per heavy atom. The lowest BCUT2D eigenvalue weighted by atomic mass is 9.85. The van der Waals surface area contributed by atoms with Gasteiger partial charge in [0, 0.05) is 13.0 Å². The van der Waals surface area contributed by atoms with Crippen LogP contribution < -0.4 is 0 Å². The van der Waals surface area contributed by atoms with E-state index in [4.69, 9.17) is 11.6 Å². The fourth-order valence-corrected chi connectivity index (χ4v) is 2.80. The molecule has 0 unspecified atom stereocenters. The summed E-state index contributed by atoms with van der Waals surface area (Å²) in [6, 6.07) is 0. The SMILES string of the molecule is CC1(C)CCC(=O)N(Cc2nnc(Cl)s2)CC1. The third-order valence-electron chi connectivity index (χ3n) is 3.20. The number of likely N-dealkylation sites (tertiary alicyclic amines) is 1. The number of rotatable bonds is 2. The first-order chi connectivity index (χ1) is 7.96. The molecule has 2 rings (SSSR count). The molecule has 94 valence electrons. The van der Waals surface area contributed by atoms with Gasteiger partial charge in [0.2, 0.25) is 10.4 Å². The highest BCUT2D eigenvalue weighted by atomic mass is 35.5. The molecule has 0 aliphatic carbocycles. The largest absolute Gasteiger partial charge is 0.336 e. The number of carbonyl (C=O) groups is 1. The number of carbonyl (C=O) groups excluding carboxylic acids is 1. The van der Waals surface area contributed by atoms with Gasteiger partial charge in [-0.05, 0) is 29.9 Å². The fourth-order valence-electron chi connectivity index (χ4n) is 1.92. The number of hydrogen-bond donors (Lipinski definition) is 0. The molecular formula is C11H16ClN3OS. The van der Waals surface area contributed by atoms with Crippen molar-refractivity contribution in [3.05, 3.63) is 9.47 Å². The Morgan fingerprint density at radius 1 is 1.41 bits per heavy atom. The predicted molar refractivity (Wildman–Crippen MR) is 68.0 cm³/mol. The van der Waals surface area contributed by atoms with Gasteiger partial charge in [0.1, 0.15) is 5.01 Å². The highest BCUT2D eigenvalue weighted by molar-refractivity contribution is 7.15. The Balaban J connectivity index is 2.03. The van der Waals surface area contributed by atoms with Crippen molar-refractivity contribution in [2.45, 2.75) is 39.7 Å². The molecule has 1 aromatic rings. The van der Waals surface area contributed by atoms with Gasteiger partial charge in [-0.15, -0.1) is 10.2 Å². The average Bonchev–Trinajstić information content (AvgIpc) is 2.61. The molecule has 0 bridgehead atoms. The van der Waals surface area contributed by atoms with E-state index in [1.165, 1.54) is 11.3 Å². The quantitative estimate of drug-likeness (QED) is 0.832. The molecule has 1 saturated heterocycles. The van der Waals surface area contributed by atoms with E-state index in [2.05, 4.69) is 24.0 Å². The highest BCUT2D eigenvalue weighted by Crippen LogP contribution is 2.31. The maximum Gasteiger partial charge on any atom is 0.222 e. The number of nitrogens with zero attached hydrogens (tertiary/aromatic N) is 3. The predicted octanol–water partition coefficient (Wildman–Crippen LogP) is 2.73. The zero-order chi connectivity index (χ0) is 12.5. The highest BCUT2D eigenvalue weighted by Gasteiger charge is 2.27. The molecule has 0 atom stereocenters. The van der Waals surface area contributed by atoms with Crippen molar-refractivity contribution in [1.29, 1.82) is 0 Å². The van der Waals surface area contributed by atoms with E-state index in [-0.39, 0.29) is 11.3 Å². The summed E-state index contributed by atoms with van der Waals surface area (Å²) in [6.07, 6.45) is 2.62. The Morgan fingerprint density at radius 2 is 2.18 bits per heavy atom. The van der Waals surface area contributed by atoms with Gasteiger partial charge in [-0.1, -0.05) is 25.2 Å². The average molecular weight is 274 g/mol. The molecule has 0 spiro atoms. The maximum atomic E-state index is 12.0. The lowest BCUT2D eigenvalue weighted by Gasteiger charge is -2.22. The standard InChI is InChI=1S/C11H16ClN3OS/c1-11(2)4-3-9(16)15(6-5-11)7-8-13-14-10(12)17-8/h3-7H2,1-2H3. The Bertz CT molecular complexity index is 419. The van der Waals surface area contributed by atoms with Crippen LogP contribution in [0.25, 0.3) is 0 Å². The molecule has 1 aliphatic rings. The molecule has 6 heteroatoms. The Kier molecular flexibility index (Phi) is 3.68. The summed E-state index contributed by atoms with van der Waals surface area (Å²) >= 11 is 7.07. The van der Waals surface area contributed by atoms with Crippen LogP contribution in [-0.4, -0.2) is 27.5 Å². The fraction of sp³-hybridized carbons (Fsp3) is 0.727. The second kappa shape index (κ2) is 4.90. The van der Waals surface area contributed by atoms with Crippen molar-refractivity contribution in [3.63, 3.8) is 0 Å². The van der Waals surface area contributed by atoms with Crippen LogP contribution in [0.15, 0.2) is 0 Å². The van der Waals surface area contributed by atoms with Crippen LogP contribution in [0.3, 0.4) is 0 Å². The molecule has 17 heavy (non-hydrogen) atoms. The first-order valence-corrected chi connectivity index (χ1v) is 6.91. The number of halogens is 1. The molecule has 2 heterocycles. The molecule has 1 aliphatic heterocycles. The van der Waals surface area contributed by atoms with E-state index in [1.807, 2.05) is 4.90 Å². The summed E-state index contributed by atoms with van der Waals surface area (Å²) in [5.41, 5.74) is 0.253. The normalized spacial score (nSPS) is 20.4. The van der Waals surface area contributed by atoms with Crippen LogP contribution in [0.2, 0.25) is 4.47 Å². The van der Waals surface area contributed by atoms with Crippen LogP contribution in [0.1, 0.15) is 38.1 Å². The van der Waals surface area contributed by atoms with Crippen LogP contribution in [0.4, 0.5) is 0 Å². The minimum absolute atomic E-state index is 0.210. The van der Waals surface area contributed by atoms with Gasteiger partial charge in [0.25, 0.3) is 0 Å². The van der Waals surface area contributed by atoms with Gasteiger partial charge in [0.05, 0.1) is 6.54 Å². The topological polar surface area (TPSA) is 46.1 Å². The van der Waals surface area contributed by atoms with E-state index in [0.717, 1.165) is 24.4 Å². The second-order valence-corrected chi connectivity index (χ2v) is 6.82. The van der Waals surface area contributed by atoms with Crippen LogP contribution in [-0.2, 0) is 11.3 Å². The zero-order valence-electron chi connectivity index (χ0n) is 10.1. The summed E-state index contributed by atoms with van der Waals surface area (Å²) in [7, 11) is 0. The van der Waals surface area contributed by atoms with Crippen molar-refractivity contribution >= 4 is 28.8 Å². The molecule has 0 N–H and O–H groups in total. The summed E-state index contributed by atoms with van der Waals surface area (Å²) < 4.78 is 0.433. The minimum Gasteiger partial charge on any atom is -0.336 e. The Hall–Kier alpha value is -0.680. The smallest absolute Gasteiger partial charge is 0.222 e. The molecule has 1 fully saturated rings. The number of hydrogen-bond acceptors (Lipinski definition) is 4. The lowest BCUT2D eigenvalue weighted by Crippen LogP contribution is -2.30. The summed E-state index contributed by atoms with van der Waals surface area (Å²) in [5, 5.41) is 8.52.